The number of para-hydroxylation sites is 1. The molecule has 160 valence electrons. The van der Waals surface area contributed by atoms with Crippen LogP contribution in [-0.4, -0.2) is 45.0 Å². The molecule has 4 rings (SSSR count). The molecule has 1 aliphatic rings. The minimum Gasteiger partial charge on any atom is -0.478 e. The van der Waals surface area contributed by atoms with Crippen LogP contribution in [0.5, 0.6) is 0 Å². The molecular weight excluding hydrogens is 397 g/mol. The van der Waals surface area contributed by atoms with E-state index >= 15 is 0 Å². The van der Waals surface area contributed by atoms with Gasteiger partial charge in [0.1, 0.15) is 5.82 Å². The van der Waals surface area contributed by atoms with Crippen LogP contribution in [0.1, 0.15) is 18.4 Å². The predicted molar refractivity (Wildman–Crippen MR) is 115 cm³/mol. The maximum Gasteiger partial charge on any atom is 0.329 e. The lowest BCUT2D eigenvalue weighted by atomic mass is 10.1. The standard InChI is InChI=1S/C24H24FN3O3/c25-20-10-8-18(9-11-20)24-19(16-28(26-24)21-5-2-1-3-6-21)15-27(13-12-23(29)30)17-22-7-4-14-31-22/h1-3,5-6,8-13,16,22H,4,7,14-15,17H2,(H,29,30)/b13-12+/t22-/m1/s1. The molecule has 2 aromatic carbocycles. The van der Waals surface area contributed by atoms with Gasteiger partial charge in [0.25, 0.3) is 0 Å². The molecule has 2 heterocycles. The van der Waals surface area contributed by atoms with E-state index in [9.17, 15) is 9.18 Å². The average molecular weight is 421 g/mol. The molecule has 0 saturated carbocycles. The van der Waals surface area contributed by atoms with Gasteiger partial charge in [-0.1, -0.05) is 18.2 Å². The highest BCUT2D eigenvalue weighted by Gasteiger charge is 2.20. The highest BCUT2D eigenvalue weighted by Crippen LogP contribution is 2.26. The second kappa shape index (κ2) is 9.57. The SMILES string of the molecule is O=C(O)/C=C/N(Cc1cn(-c2ccccc2)nc1-c1ccc(F)cc1)C[C@H]1CCCO1. The molecule has 6 nitrogen and oxygen atoms in total. The Morgan fingerprint density at radius 1 is 1.23 bits per heavy atom. The van der Waals surface area contributed by atoms with Gasteiger partial charge in [-0.25, -0.2) is 13.9 Å². The summed E-state index contributed by atoms with van der Waals surface area (Å²) in [5.74, 6) is -1.31. The fraction of sp³-hybridized carbons (Fsp3) is 0.250. The summed E-state index contributed by atoms with van der Waals surface area (Å²) >= 11 is 0. The molecule has 1 N–H and O–H groups in total. The number of benzene rings is 2. The Morgan fingerprint density at radius 3 is 2.68 bits per heavy atom. The lowest BCUT2D eigenvalue weighted by Gasteiger charge is -2.23. The molecule has 0 bridgehead atoms. The van der Waals surface area contributed by atoms with Crippen LogP contribution in [0.15, 0.2) is 73.1 Å². The number of nitrogens with zero attached hydrogens (tertiary/aromatic N) is 3. The van der Waals surface area contributed by atoms with Crippen molar-refractivity contribution in [3.63, 3.8) is 0 Å². The molecule has 0 spiro atoms. The topological polar surface area (TPSA) is 67.6 Å². The number of rotatable bonds is 8. The van der Waals surface area contributed by atoms with Gasteiger partial charge in [0.05, 0.1) is 17.5 Å². The molecular formula is C24H24FN3O3. The van der Waals surface area contributed by atoms with E-state index < -0.39 is 5.97 Å². The highest BCUT2D eigenvalue weighted by molar-refractivity contribution is 5.79. The van der Waals surface area contributed by atoms with Crippen LogP contribution in [0.25, 0.3) is 16.9 Å². The molecule has 1 saturated heterocycles. The lowest BCUT2D eigenvalue weighted by Crippen LogP contribution is -2.28. The molecule has 0 amide bonds. The number of hydrogen-bond donors (Lipinski definition) is 1. The van der Waals surface area contributed by atoms with Crippen LogP contribution in [0.4, 0.5) is 4.39 Å². The summed E-state index contributed by atoms with van der Waals surface area (Å²) in [5.41, 5.74) is 3.34. The normalized spacial score (nSPS) is 16.1. The van der Waals surface area contributed by atoms with Gasteiger partial charge < -0.3 is 14.7 Å². The zero-order valence-corrected chi connectivity index (χ0v) is 17.0. The van der Waals surface area contributed by atoms with Crippen LogP contribution in [0.3, 0.4) is 0 Å². The molecule has 0 aliphatic carbocycles. The Labute approximate surface area is 180 Å². The van der Waals surface area contributed by atoms with Gasteiger partial charge in [-0.2, -0.15) is 5.10 Å². The minimum absolute atomic E-state index is 0.0666. The molecule has 3 aromatic rings. The van der Waals surface area contributed by atoms with Crippen molar-refractivity contribution in [2.75, 3.05) is 13.2 Å². The first kappa shape index (κ1) is 20.8. The van der Waals surface area contributed by atoms with E-state index in [1.165, 1.54) is 12.1 Å². The van der Waals surface area contributed by atoms with E-state index in [1.54, 1.807) is 23.0 Å². The Morgan fingerprint density at radius 2 is 2.00 bits per heavy atom. The summed E-state index contributed by atoms with van der Waals surface area (Å²) in [5, 5.41) is 13.9. The third kappa shape index (κ3) is 5.38. The molecule has 7 heteroatoms. The van der Waals surface area contributed by atoms with Crippen LogP contribution >= 0.6 is 0 Å². The van der Waals surface area contributed by atoms with Crippen molar-refractivity contribution >= 4 is 5.97 Å². The molecule has 1 fully saturated rings. The van der Waals surface area contributed by atoms with Gasteiger partial charge in [-0.15, -0.1) is 0 Å². The molecule has 31 heavy (non-hydrogen) atoms. The number of aromatic nitrogens is 2. The molecule has 0 radical (unpaired) electrons. The van der Waals surface area contributed by atoms with Crippen LogP contribution < -0.4 is 0 Å². The zero-order valence-electron chi connectivity index (χ0n) is 17.0. The van der Waals surface area contributed by atoms with E-state index in [0.717, 1.165) is 48.0 Å². The number of halogens is 1. The van der Waals surface area contributed by atoms with Crippen LogP contribution in [0.2, 0.25) is 0 Å². The quantitative estimate of drug-likeness (QED) is 0.551. The van der Waals surface area contributed by atoms with Crippen molar-refractivity contribution < 1.29 is 19.0 Å². The summed E-state index contributed by atoms with van der Waals surface area (Å²) in [6, 6.07) is 16.0. The summed E-state index contributed by atoms with van der Waals surface area (Å²) in [4.78, 5) is 13.0. The number of carbonyl (C=O) groups is 1. The Balaban J connectivity index is 1.68. The van der Waals surface area contributed by atoms with Gasteiger partial charge in [0.2, 0.25) is 0 Å². The van der Waals surface area contributed by atoms with E-state index in [4.69, 9.17) is 14.9 Å². The largest absolute Gasteiger partial charge is 0.478 e. The van der Waals surface area contributed by atoms with E-state index in [-0.39, 0.29) is 11.9 Å². The Kier molecular flexibility index (Phi) is 6.43. The summed E-state index contributed by atoms with van der Waals surface area (Å²) in [6.45, 7) is 1.76. The molecule has 1 aliphatic heterocycles. The monoisotopic (exact) mass is 421 g/mol. The first-order valence-electron chi connectivity index (χ1n) is 10.2. The van der Waals surface area contributed by atoms with Crippen molar-refractivity contribution in [3.8, 4) is 16.9 Å². The van der Waals surface area contributed by atoms with E-state index in [1.807, 2.05) is 41.4 Å². The average Bonchev–Trinajstić information content (AvgIpc) is 3.43. The molecule has 1 aromatic heterocycles. The predicted octanol–water partition coefficient (Wildman–Crippen LogP) is 4.26. The smallest absolute Gasteiger partial charge is 0.329 e. The van der Waals surface area contributed by atoms with Gasteiger partial charge >= 0.3 is 5.97 Å². The number of carboxylic acids is 1. The van der Waals surface area contributed by atoms with E-state index in [0.29, 0.717) is 13.1 Å². The summed E-state index contributed by atoms with van der Waals surface area (Å²) in [7, 11) is 0. The van der Waals surface area contributed by atoms with Crippen molar-refractivity contribution in [1.29, 1.82) is 0 Å². The lowest BCUT2D eigenvalue weighted by molar-refractivity contribution is -0.131. The first-order valence-corrected chi connectivity index (χ1v) is 10.2. The fourth-order valence-electron chi connectivity index (χ4n) is 3.71. The minimum atomic E-state index is -1.00. The maximum absolute atomic E-state index is 13.5. The van der Waals surface area contributed by atoms with Gasteiger partial charge in [0, 0.05) is 49.3 Å². The second-order valence-corrected chi connectivity index (χ2v) is 7.51. The van der Waals surface area contributed by atoms with Gasteiger partial charge in [0.15, 0.2) is 0 Å². The number of aliphatic carboxylic acids is 1. The van der Waals surface area contributed by atoms with Crippen molar-refractivity contribution in [2.24, 2.45) is 0 Å². The third-order valence-corrected chi connectivity index (χ3v) is 5.19. The van der Waals surface area contributed by atoms with Crippen molar-refractivity contribution in [3.05, 3.63) is 84.5 Å². The Hall–Kier alpha value is -3.45. The summed E-state index contributed by atoms with van der Waals surface area (Å²) in [6.07, 6.45) is 6.67. The van der Waals surface area contributed by atoms with E-state index in [2.05, 4.69) is 0 Å². The summed E-state index contributed by atoms with van der Waals surface area (Å²) < 4.78 is 21.0. The van der Waals surface area contributed by atoms with Gasteiger partial charge in [-0.3, -0.25) is 0 Å². The third-order valence-electron chi connectivity index (χ3n) is 5.19. The van der Waals surface area contributed by atoms with Crippen LogP contribution in [-0.2, 0) is 16.1 Å². The maximum atomic E-state index is 13.5. The van der Waals surface area contributed by atoms with Crippen molar-refractivity contribution in [2.45, 2.75) is 25.5 Å². The molecule has 0 unspecified atom stereocenters. The molecule has 1 atom stereocenters. The fourth-order valence-corrected chi connectivity index (χ4v) is 3.71. The van der Waals surface area contributed by atoms with Gasteiger partial charge in [-0.05, 0) is 49.2 Å². The number of ether oxygens (including phenoxy) is 1. The second-order valence-electron chi connectivity index (χ2n) is 7.51. The van der Waals surface area contributed by atoms with Crippen LogP contribution in [0, 0.1) is 5.82 Å². The first-order chi connectivity index (χ1) is 15.1. The number of carboxylic acid groups (broad SMARTS) is 1. The highest BCUT2D eigenvalue weighted by atomic mass is 19.1. The number of hydrogen-bond acceptors (Lipinski definition) is 4. The zero-order chi connectivity index (χ0) is 21.6. The Bertz CT molecular complexity index is 1040. The van der Waals surface area contributed by atoms with Crippen molar-refractivity contribution in [1.82, 2.24) is 14.7 Å².